The van der Waals surface area contributed by atoms with Crippen LogP contribution in [0.15, 0.2) is 30.3 Å². The molecule has 0 amide bonds. The Labute approximate surface area is 142 Å². The summed E-state index contributed by atoms with van der Waals surface area (Å²) in [7, 11) is 6.93. The third-order valence-corrected chi connectivity index (χ3v) is 4.63. The Morgan fingerprint density at radius 3 is 2.25 bits per heavy atom. The van der Waals surface area contributed by atoms with Gasteiger partial charge in [-0.05, 0) is 54.4 Å². The van der Waals surface area contributed by atoms with E-state index < -0.39 is 0 Å². The van der Waals surface area contributed by atoms with Crippen molar-refractivity contribution >= 4 is 0 Å². The summed E-state index contributed by atoms with van der Waals surface area (Å²) in [5.41, 5.74) is 3.43. The second-order valence-corrected chi connectivity index (χ2v) is 5.97. The summed E-state index contributed by atoms with van der Waals surface area (Å²) in [6.07, 6.45) is 0.949. The van der Waals surface area contributed by atoms with E-state index in [1.807, 2.05) is 12.1 Å². The Morgan fingerprint density at radius 2 is 1.62 bits per heavy atom. The van der Waals surface area contributed by atoms with E-state index in [0.29, 0.717) is 11.5 Å². The van der Waals surface area contributed by atoms with Gasteiger partial charge < -0.3 is 19.3 Å². The maximum absolute atomic E-state index is 10.2. The third kappa shape index (κ3) is 2.76. The van der Waals surface area contributed by atoms with E-state index >= 15 is 0 Å². The van der Waals surface area contributed by atoms with Gasteiger partial charge in [0.1, 0.15) is 0 Å². The number of methoxy groups -OCH3 is 3. The van der Waals surface area contributed by atoms with Crippen LogP contribution in [0.25, 0.3) is 0 Å². The van der Waals surface area contributed by atoms with Crippen LogP contribution in [0.4, 0.5) is 0 Å². The quantitative estimate of drug-likeness (QED) is 0.934. The molecule has 5 nitrogen and oxygen atoms in total. The Morgan fingerprint density at radius 1 is 0.958 bits per heavy atom. The zero-order valence-electron chi connectivity index (χ0n) is 14.5. The molecular formula is C19H23NO4. The summed E-state index contributed by atoms with van der Waals surface area (Å²) in [6.45, 7) is 0.930. The van der Waals surface area contributed by atoms with Gasteiger partial charge in [0.15, 0.2) is 23.0 Å². The van der Waals surface area contributed by atoms with Crippen LogP contribution in [-0.2, 0) is 6.42 Å². The maximum Gasteiger partial charge on any atom is 0.161 e. The average Bonchev–Trinajstić information content (AvgIpc) is 2.60. The highest BCUT2D eigenvalue weighted by molar-refractivity contribution is 5.53. The van der Waals surface area contributed by atoms with Crippen molar-refractivity contribution in [2.75, 3.05) is 34.9 Å². The summed E-state index contributed by atoms with van der Waals surface area (Å²) in [5.74, 6) is 2.09. The van der Waals surface area contributed by atoms with Gasteiger partial charge in [-0.1, -0.05) is 6.07 Å². The number of likely N-dealkylation sites (N-methyl/N-ethyl adjacent to an activating group) is 1. The van der Waals surface area contributed by atoms with Gasteiger partial charge in [-0.3, -0.25) is 4.90 Å². The number of fused-ring (bicyclic) bond motifs is 1. The fourth-order valence-corrected chi connectivity index (χ4v) is 3.38. The van der Waals surface area contributed by atoms with Crippen LogP contribution in [0.3, 0.4) is 0 Å². The van der Waals surface area contributed by atoms with Crippen molar-refractivity contribution in [3.63, 3.8) is 0 Å². The molecule has 1 aliphatic heterocycles. The first-order chi connectivity index (χ1) is 11.6. The van der Waals surface area contributed by atoms with Gasteiger partial charge in [0, 0.05) is 6.54 Å². The lowest BCUT2D eigenvalue weighted by atomic mass is 9.88. The SMILES string of the molecule is COc1ccc([C@H]2c3cc(OC)c(OC)cc3CCN2C)cc1O. The van der Waals surface area contributed by atoms with Crippen LogP contribution in [0, 0.1) is 0 Å². The molecule has 0 unspecified atom stereocenters. The van der Waals surface area contributed by atoms with Crippen molar-refractivity contribution in [3.8, 4) is 23.0 Å². The average molecular weight is 329 g/mol. The van der Waals surface area contributed by atoms with Gasteiger partial charge in [0.2, 0.25) is 0 Å². The first kappa shape index (κ1) is 16.5. The predicted molar refractivity (Wildman–Crippen MR) is 92.4 cm³/mol. The second kappa shape index (κ2) is 6.61. The zero-order chi connectivity index (χ0) is 17.3. The molecule has 1 aliphatic rings. The highest BCUT2D eigenvalue weighted by atomic mass is 16.5. The number of ether oxygens (including phenoxy) is 3. The van der Waals surface area contributed by atoms with Gasteiger partial charge in [-0.2, -0.15) is 0 Å². The first-order valence-electron chi connectivity index (χ1n) is 7.91. The van der Waals surface area contributed by atoms with Crippen LogP contribution in [-0.4, -0.2) is 44.9 Å². The van der Waals surface area contributed by atoms with E-state index in [2.05, 4.69) is 18.0 Å². The number of hydrogen-bond donors (Lipinski definition) is 1. The Hall–Kier alpha value is -2.40. The molecule has 0 saturated carbocycles. The number of nitrogens with zero attached hydrogens (tertiary/aromatic N) is 1. The molecule has 0 bridgehead atoms. The fraction of sp³-hybridized carbons (Fsp3) is 0.368. The van der Waals surface area contributed by atoms with Crippen LogP contribution in [0.2, 0.25) is 0 Å². The summed E-state index contributed by atoms with van der Waals surface area (Å²) >= 11 is 0. The summed E-state index contributed by atoms with van der Waals surface area (Å²) in [4.78, 5) is 2.27. The van der Waals surface area contributed by atoms with Crippen molar-refractivity contribution in [3.05, 3.63) is 47.0 Å². The molecule has 1 N–H and O–H groups in total. The maximum atomic E-state index is 10.2. The summed E-state index contributed by atoms with van der Waals surface area (Å²) in [6, 6.07) is 9.70. The van der Waals surface area contributed by atoms with Crippen LogP contribution < -0.4 is 14.2 Å². The minimum absolute atomic E-state index is 0.0466. The lowest BCUT2D eigenvalue weighted by molar-refractivity contribution is 0.261. The Bertz CT molecular complexity index is 744. The molecule has 1 heterocycles. The molecule has 2 aromatic carbocycles. The highest BCUT2D eigenvalue weighted by Crippen LogP contribution is 2.41. The minimum Gasteiger partial charge on any atom is -0.504 e. The molecule has 2 aromatic rings. The van der Waals surface area contributed by atoms with E-state index in [0.717, 1.165) is 24.3 Å². The molecule has 128 valence electrons. The summed E-state index contributed by atoms with van der Waals surface area (Å²) < 4.78 is 16.0. The third-order valence-electron chi connectivity index (χ3n) is 4.63. The topological polar surface area (TPSA) is 51.2 Å². The van der Waals surface area contributed by atoms with Crippen LogP contribution >= 0.6 is 0 Å². The molecule has 0 radical (unpaired) electrons. The molecule has 3 rings (SSSR count). The number of aromatic hydroxyl groups is 1. The van der Waals surface area contributed by atoms with Gasteiger partial charge in [-0.25, -0.2) is 0 Å². The number of phenolic OH excluding ortho intramolecular Hbond substituents is 1. The first-order valence-corrected chi connectivity index (χ1v) is 7.91. The molecule has 0 fully saturated rings. The number of phenols is 1. The molecular weight excluding hydrogens is 306 g/mol. The lowest BCUT2D eigenvalue weighted by Gasteiger charge is -2.35. The van der Waals surface area contributed by atoms with Crippen LogP contribution in [0.1, 0.15) is 22.7 Å². The van der Waals surface area contributed by atoms with Gasteiger partial charge in [-0.15, -0.1) is 0 Å². The van der Waals surface area contributed by atoms with Crippen molar-refractivity contribution in [1.29, 1.82) is 0 Å². The van der Waals surface area contributed by atoms with Crippen molar-refractivity contribution < 1.29 is 19.3 Å². The molecule has 0 aromatic heterocycles. The molecule has 0 aliphatic carbocycles. The van der Waals surface area contributed by atoms with Gasteiger partial charge in [0.25, 0.3) is 0 Å². The Balaban J connectivity index is 2.11. The van der Waals surface area contributed by atoms with E-state index in [-0.39, 0.29) is 11.8 Å². The zero-order valence-corrected chi connectivity index (χ0v) is 14.5. The van der Waals surface area contributed by atoms with Crippen LogP contribution in [0.5, 0.6) is 23.0 Å². The fourth-order valence-electron chi connectivity index (χ4n) is 3.38. The van der Waals surface area contributed by atoms with Crippen molar-refractivity contribution in [2.24, 2.45) is 0 Å². The summed E-state index contributed by atoms with van der Waals surface area (Å²) in [5, 5.41) is 10.2. The second-order valence-electron chi connectivity index (χ2n) is 5.97. The molecule has 0 spiro atoms. The predicted octanol–water partition coefficient (Wildman–Crippen LogP) is 3.00. The van der Waals surface area contributed by atoms with Gasteiger partial charge in [0.05, 0.1) is 27.4 Å². The lowest BCUT2D eigenvalue weighted by Crippen LogP contribution is -2.32. The smallest absolute Gasteiger partial charge is 0.161 e. The molecule has 5 heteroatoms. The normalized spacial score (nSPS) is 17.2. The van der Waals surface area contributed by atoms with E-state index in [1.165, 1.54) is 11.1 Å². The van der Waals surface area contributed by atoms with Crippen molar-refractivity contribution in [1.82, 2.24) is 4.90 Å². The highest BCUT2D eigenvalue weighted by Gasteiger charge is 2.28. The molecule has 24 heavy (non-hydrogen) atoms. The van der Waals surface area contributed by atoms with E-state index in [4.69, 9.17) is 14.2 Å². The number of hydrogen-bond acceptors (Lipinski definition) is 5. The molecule has 0 saturated heterocycles. The van der Waals surface area contributed by atoms with Gasteiger partial charge >= 0.3 is 0 Å². The largest absolute Gasteiger partial charge is 0.504 e. The van der Waals surface area contributed by atoms with E-state index in [9.17, 15) is 5.11 Å². The monoisotopic (exact) mass is 329 g/mol. The van der Waals surface area contributed by atoms with E-state index in [1.54, 1.807) is 33.5 Å². The minimum atomic E-state index is 0.0466. The number of benzene rings is 2. The standard InChI is InChI=1S/C19H23NO4/c1-20-8-7-12-10-17(23-3)18(24-4)11-14(12)19(20)13-5-6-16(22-2)15(21)9-13/h5-6,9-11,19,21H,7-8H2,1-4H3/t19-/m0/s1. The molecule has 1 atom stereocenters. The van der Waals surface area contributed by atoms with Crippen molar-refractivity contribution in [2.45, 2.75) is 12.5 Å². The number of rotatable bonds is 4. The Kier molecular flexibility index (Phi) is 4.53.